The number of pyridine rings is 2. The summed E-state index contributed by atoms with van der Waals surface area (Å²) in [6.07, 6.45) is 5.51. The lowest BCUT2D eigenvalue weighted by atomic mass is 10.2. The smallest absolute Gasteiger partial charge is 0.356 e. The fourth-order valence-electron chi connectivity index (χ4n) is 1.41. The topological polar surface area (TPSA) is 78.1 Å². The molecule has 0 radical (unpaired) electrons. The lowest BCUT2D eigenvalue weighted by Crippen LogP contribution is -2.10. The molecule has 0 unspecified atom stereocenters. The minimum atomic E-state index is -0.445. The fourth-order valence-corrected chi connectivity index (χ4v) is 1.41. The van der Waals surface area contributed by atoms with E-state index in [1.807, 2.05) is 12.1 Å². The predicted octanol–water partition coefficient (Wildman–Crippen LogP) is 1.46. The summed E-state index contributed by atoms with van der Waals surface area (Å²) >= 11 is 0. The van der Waals surface area contributed by atoms with E-state index in [0.717, 1.165) is 5.56 Å². The number of nitrogen functional groups attached to an aromatic ring is 1. The third-order valence-electron chi connectivity index (χ3n) is 2.34. The van der Waals surface area contributed by atoms with E-state index in [1.165, 1.54) is 6.20 Å². The number of rotatable bonds is 4. The van der Waals surface area contributed by atoms with Gasteiger partial charge in [-0.05, 0) is 23.8 Å². The molecule has 0 aliphatic carbocycles. The highest BCUT2D eigenvalue weighted by atomic mass is 16.5. The number of hydrogen-bond acceptors (Lipinski definition) is 5. The summed E-state index contributed by atoms with van der Waals surface area (Å²) in [7, 11) is 0. The van der Waals surface area contributed by atoms with Crippen LogP contribution in [0.3, 0.4) is 0 Å². The first kappa shape index (κ1) is 12.0. The van der Waals surface area contributed by atoms with E-state index in [0.29, 0.717) is 18.7 Å². The Balaban J connectivity index is 1.84. The Labute approximate surface area is 105 Å². The zero-order chi connectivity index (χ0) is 12.8. The first-order valence-electron chi connectivity index (χ1n) is 5.53. The molecule has 0 aliphatic heterocycles. The Morgan fingerprint density at radius 2 is 2.17 bits per heavy atom. The maximum Gasteiger partial charge on any atom is 0.356 e. The van der Waals surface area contributed by atoms with Gasteiger partial charge < -0.3 is 10.5 Å². The van der Waals surface area contributed by atoms with Gasteiger partial charge in [0, 0.05) is 18.8 Å². The second kappa shape index (κ2) is 5.77. The average Bonchev–Trinajstić information content (AvgIpc) is 2.40. The van der Waals surface area contributed by atoms with Crippen LogP contribution < -0.4 is 5.73 Å². The van der Waals surface area contributed by atoms with Crippen LogP contribution in [0.4, 0.5) is 5.69 Å². The molecule has 0 saturated heterocycles. The number of carbonyl (C=O) groups excluding carboxylic acids is 1. The van der Waals surface area contributed by atoms with E-state index in [2.05, 4.69) is 9.97 Å². The third-order valence-corrected chi connectivity index (χ3v) is 2.34. The number of anilines is 1. The first-order valence-corrected chi connectivity index (χ1v) is 5.53. The van der Waals surface area contributed by atoms with Crippen LogP contribution in [0, 0.1) is 0 Å². The van der Waals surface area contributed by atoms with Crippen molar-refractivity contribution < 1.29 is 9.53 Å². The van der Waals surface area contributed by atoms with Crippen LogP contribution in [0.1, 0.15) is 16.1 Å². The van der Waals surface area contributed by atoms with Gasteiger partial charge in [0.25, 0.3) is 0 Å². The summed E-state index contributed by atoms with van der Waals surface area (Å²) in [6.45, 7) is 0.302. The van der Waals surface area contributed by atoms with E-state index in [1.54, 1.807) is 24.5 Å². The van der Waals surface area contributed by atoms with E-state index < -0.39 is 5.97 Å². The van der Waals surface area contributed by atoms with E-state index >= 15 is 0 Å². The molecule has 18 heavy (non-hydrogen) atoms. The fraction of sp³-hybridized carbons (Fsp3) is 0.154. The van der Waals surface area contributed by atoms with Crippen LogP contribution in [0.25, 0.3) is 0 Å². The largest absolute Gasteiger partial charge is 0.461 e. The second-order valence-corrected chi connectivity index (χ2v) is 3.72. The van der Waals surface area contributed by atoms with Crippen molar-refractivity contribution in [2.45, 2.75) is 6.42 Å². The number of nitrogens with zero attached hydrogens (tertiary/aromatic N) is 2. The van der Waals surface area contributed by atoms with Gasteiger partial charge in [0.15, 0.2) is 0 Å². The zero-order valence-electron chi connectivity index (χ0n) is 9.74. The summed E-state index contributed by atoms with van der Waals surface area (Å²) < 4.78 is 5.10. The van der Waals surface area contributed by atoms with Gasteiger partial charge in [-0.3, -0.25) is 4.98 Å². The Morgan fingerprint density at radius 3 is 2.83 bits per heavy atom. The molecule has 0 aromatic carbocycles. The summed E-state index contributed by atoms with van der Waals surface area (Å²) in [5.41, 5.74) is 7.28. The minimum absolute atomic E-state index is 0.260. The third kappa shape index (κ3) is 3.28. The molecule has 2 aromatic rings. The second-order valence-electron chi connectivity index (χ2n) is 3.72. The molecule has 0 bridgehead atoms. The highest BCUT2D eigenvalue weighted by molar-refractivity contribution is 5.87. The van der Waals surface area contributed by atoms with Gasteiger partial charge >= 0.3 is 5.97 Å². The van der Waals surface area contributed by atoms with E-state index in [-0.39, 0.29) is 5.69 Å². The van der Waals surface area contributed by atoms with Crippen molar-refractivity contribution in [3.05, 3.63) is 54.1 Å². The van der Waals surface area contributed by atoms with Gasteiger partial charge in [-0.25, -0.2) is 9.78 Å². The quantitative estimate of drug-likeness (QED) is 0.822. The number of hydrogen-bond donors (Lipinski definition) is 1. The lowest BCUT2D eigenvalue weighted by Gasteiger charge is -2.04. The molecule has 92 valence electrons. The summed E-state index contributed by atoms with van der Waals surface area (Å²) in [6, 6.07) is 6.94. The van der Waals surface area contributed by atoms with Crippen LogP contribution in [-0.2, 0) is 11.2 Å². The van der Waals surface area contributed by atoms with Gasteiger partial charge in [-0.1, -0.05) is 6.07 Å². The molecular weight excluding hydrogens is 230 g/mol. The summed E-state index contributed by atoms with van der Waals surface area (Å²) in [4.78, 5) is 19.5. The zero-order valence-corrected chi connectivity index (χ0v) is 9.74. The molecule has 2 heterocycles. The minimum Gasteiger partial charge on any atom is -0.461 e. The Morgan fingerprint density at radius 1 is 1.28 bits per heavy atom. The number of esters is 1. The molecule has 0 amide bonds. The van der Waals surface area contributed by atoms with Crippen LogP contribution in [0.15, 0.2) is 42.9 Å². The Hall–Kier alpha value is -2.43. The molecule has 0 spiro atoms. The van der Waals surface area contributed by atoms with Crippen molar-refractivity contribution in [3.63, 3.8) is 0 Å². The van der Waals surface area contributed by atoms with Crippen molar-refractivity contribution in [3.8, 4) is 0 Å². The number of nitrogens with two attached hydrogens (primary N) is 1. The van der Waals surface area contributed by atoms with Gasteiger partial charge in [-0.15, -0.1) is 0 Å². The van der Waals surface area contributed by atoms with Gasteiger partial charge in [0.1, 0.15) is 5.69 Å². The standard InChI is InChI=1S/C13H13N3O2/c14-11-3-4-12(16-9-11)13(17)18-7-5-10-2-1-6-15-8-10/h1-4,6,8-9H,5,7,14H2. The normalized spacial score (nSPS) is 10.0. The molecule has 2 aromatic heterocycles. The molecule has 5 nitrogen and oxygen atoms in total. The number of ether oxygens (including phenoxy) is 1. The van der Waals surface area contributed by atoms with Crippen molar-refractivity contribution in [2.24, 2.45) is 0 Å². The highest BCUT2D eigenvalue weighted by Gasteiger charge is 2.07. The molecule has 2 rings (SSSR count). The molecule has 0 saturated carbocycles. The molecule has 0 aliphatic rings. The summed E-state index contributed by atoms with van der Waals surface area (Å²) in [5.74, 6) is -0.445. The van der Waals surface area contributed by atoms with Crippen molar-refractivity contribution >= 4 is 11.7 Å². The van der Waals surface area contributed by atoms with Gasteiger partial charge in [0.05, 0.1) is 18.5 Å². The first-order chi connectivity index (χ1) is 8.75. The SMILES string of the molecule is Nc1ccc(C(=O)OCCc2cccnc2)nc1. The monoisotopic (exact) mass is 243 g/mol. The highest BCUT2D eigenvalue weighted by Crippen LogP contribution is 2.04. The Kier molecular flexibility index (Phi) is 3.86. The summed E-state index contributed by atoms with van der Waals surface area (Å²) in [5, 5.41) is 0. The number of aromatic nitrogens is 2. The van der Waals surface area contributed by atoms with Crippen LogP contribution in [0.5, 0.6) is 0 Å². The maximum atomic E-state index is 11.6. The van der Waals surface area contributed by atoms with E-state index in [4.69, 9.17) is 10.5 Å². The van der Waals surface area contributed by atoms with E-state index in [9.17, 15) is 4.79 Å². The van der Waals surface area contributed by atoms with Gasteiger partial charge in [0.2, 0.25) is 0 Å². The molecule has 0 atom stereocenters. The van der Waals surface area contributed by atoms with Crippen molar-refractivity contribution in [1.29, 1.82) is 0 Å². The molecule has 0 fully saturated rings. The average molecular weight is 243 g/mol. The van der Waals surface area contributed by atoms with Crippen LogP contribution in [-0.4, -0.2) is 22.5 Å². The molecule has 5 heteroatoms. The van der Waals surface area contributed by atoms with Crippen molar-refractivity contribution in [1.82, 2.24) is 9.97 Å². The predicted molar refractivity (Wildman–Crippen MR) is 66.9 cm³/mol. The maximum absolute atomic E-state index is 11.6. The van der Waals surface area contributed by atoms with Crippen LogP contribution >= 0.6 is 0 Å². The van der Waals surface area contributed by atoms with Crippen LogP contribution in [0.2, 0.25) is 0 Å². The Bertz CT molecular complexity index is 512. The molecular formula is C13H13N3O2. The lowest BCUT2D eigenvalue weighted by molar-refractivity contribution is 0.0502. The van der Waals surface area contributed by atoms with Gasteiger partial charge in [-0.2, -0.15) is 0 Å². The number of carbonyl (C=O) groups is 1. The van der Waals surface area contributed by atoms with Crippen molar-refractivity contribution in [2.75, 3.05) is 12.3 Å². The molecule has 2 N–H and O–H groups in total.